The summed E-state index contributed by atoms with van der Waals surface area (Å²) < 4.78 is 53.9. The summed E-state index contributed by atoms with van der Waals surface area (Å²) in [4.78, 5) is 17.4. The van der Waals surface area contributed by atoms with Crippen molar-refractivity contribution in [2.45, 2.75) is 17.5 Å². The maximum atomic E-state index is 13.1. The number of halogens is 3. The molecule has 0 spiro atoms. The Labute approximate surface area is 183 Å². The molecule has 31 heavy (non-hydrogen) atoms. The zero-order valence-electron chi connectivity index (χ0n) is 16.1. The Morgan fingerprint density at radius 2 is 1.94 bits per heavy atom. The molecule has 0 aliphatic carbocycles. The fraction of sp³-hybridized carbons (Fsp3) is 0.300. The molecule has 11 heteroatoms. The van der Waals surface area contributed by atoms with Crippen molar-refractivity contribution in [2.24, 2.45) is 0 Å². The molecule has 1 unspecified atom stereocenters. The number of rotatable bonds is 5. The van der Waals surface area contributed by atoms with E-state index in [0.717, 1.165) is 22.3 Å². The Hall–Kier alpha value is -2.34. The number of hydrogen-bond acceptors (Lipinski definition) is 6. The number of hydrogen-bond donors (Lipinski definition) is 1. The summed E-state index contributed by atoms with van der Waals surface area (Å²) >= 11 is 0.0293. The summed E-state index contributed by atoms with van der Waals surface area (Å²) in [6.45, 7) is 1.88. The van der Waals surface area contributed by atoms with Gasteiger partial charge in [-0.1, -0.05) is 0 Å². The van der Waals surface area contributed by atoms with Crippen molar-refractivity contribution in [3.05, 3.63) is 53.0 Å². The number of aliphatic carboxylic acids is 1. The van der Waals surface area contributed by atoms with E-state index in [1.165, 1.54) is 17.4 Å². The van der Waals surface area contributed by atoms with E-state index in [4.69, 9.17) is 5.11 Å². The predicted octanol–water partition coefficient (Wildman–Crippen LogP) is 3.79. The minimum Gasteiger partial charge on any atom is -0.593 e. The molecule has 2 aromatic heterocycles. The van der Waals surface area contributed by atoms with Crippen molar-refractivity contribution in [3.8, 4) is 0 Å². The van der Waals surface area contributed by atoms with Crippen LogP contribution in [0.4, 0.5) is 19.0 Å². The Kier molecular flexibility index (Phi) is 6.11. The fourth-order valence-electron chi connectivity index (χ4n) is 3.44. The van der Waals surface area contributed by atoms with Crippen LogP contribution in [0, 0.1) is 0 Å². The van der Waals surface area contributed by atoms with Gasteiger partial charge >= 0.3 is 12.1 Å². The van der Waals surface area contributed by atoms with Crippen molar-refractivity contribution in [1.82, 2.24) is 9.29 Å². The highest BCUT2D eigenvalue weighted by Gasteiger charge is 2.32. The third-order valence-corrected chi connectivity index (χ3v) is 7.54. The van der Waals surface area contributed by atoms with Crippen molar-refractivity contribution >= 4 is 44.6 Å². The van der Waals surface area contributed by atoms with Gasteiger partial charge in [0.2, 0.25) is 0 Å². The zero-order valence-corrected chi connectivity index (χ0v) is 17.8. The second-order valence-electron chi connectivity index (χ2n) is 7.06. The van der Waals surface area contributed by atoms with Crippen LogP contribution in [-0.4, -0.2) is 51.1 Å². The van der Waals surface area contributed by atoms with E-state index in [0.29, 0.717) is 42.5 Å². The number of aromatic nitrogens is 1. The average Bonchev–Trinajstić information content (AvgIpc) is 3.14. The number of carbonyl (C=O) groups is 1. The number of fused-ring (bicyclic) bond motifs is 1. The van der Waals surface area contributed by atoms with Gasteiger partial charge in [-0.3, -0.25) is 4.79 Å². The normalized spacial score (nSPS) is 16.6. The van der Waals surface area contributed by atoms with E-state index < -0.39 is 29.1 Å². The van der Waals surface area contributed by atoms with Crippen molar-refractivity contribution in [1.29, 1.82) is 0 Å². The summed E-state index contributed by atoms with van der Waals surface area (Å²) in [5.74, 6) is -0.462. The average molecular weight is 470 g/mol. The Morgan fingerprint density at radius 3 is 2.55 bits per heavy atom. The minimum atomic E-state index is -4.42. The second kappa shape index (κ2) is 8.65. The number of thiophene rings is 1. The fourth-order valence-corrected chi connectivity index (χ4v) is 5.58. The highest BCUT2D eigenvalue weighted by atomic mass is 32.2. The largest absolute Gasteiger partial charge is 0.593 e. The summed E-state index contributed by atoms with van der Waals surface area (Å²) in [6.07, 6.45) is -3.69. The molecule has 1 aliphatic heterocycles. The number of pyridine rings is 1. The third kappa shape index (κ3) is 4.79. The molecule has 3 aromatic rings. The molecule has 1 N–H and O–H groups in total. The summed E-state index contributed by atoms with van der Waals surface area (Å²) in [5, 5.41) is 11.7. The number of nitrogens with zero attached hydrogens (tertiary/aromatic N) is 3. The van der Waals surface area contributed by atoms with Gasteiger partial charge < -0.3 is 14.6 Å². The Bertz CT molecular complexity index is 1080. The maximum absolute atomic E-state index is 13.1. The van der Waals surface area contributed by atoms with Crippen LogP contribution in [0.3, 0.4) is 0 Å². The van der Waals surface area contributed by atoms with Gasteiger partial charge in [0.1, 0.15) is 5.82 Å². The molecule has 1 saturated heterocycles. The van der Waals surface area contributed by atoms with Crippen molar-refractivity contribution in [2.75, 3.05) is 31.1 Å². The predicted molar refractivity (Wildman–Crippen MR) is 113 cm³/mol. The molecule has 4 rings (SSSR count). The molecule has 1 atom stereocenters. The number of benzene rings is 1. The highest BCUT2D eigenvalue weighted by molar-refractivity contribution is 7.89. The lowest BCUT2D eigenvalue weighted by Crippen LogP contribution is -2.48. The molecule has 3 heterocycles. The van der Waals surface area contributed by atoms with Gasteiger partial charge in [0.15, 0.2) is 4.90 Å². The van der Waals surface area contributed by atoms with E-state index in [1.807, 2.05) is 11.0 Å². The van der Waals surface area contributed by atoms with Crippen LogP contribution in [0.1, 0.15) is 11.1 Å². The first-order valence-electron chi connectivity index (χ1n) is 9.39. The molecule has 0 bridgehead atoms. The van der Waals surface area contributed by atoms with Gasteiger partial charge in [-0.2, -0.15) is 13.2 Å². The van der Waals surface area contributed by atoms with E-state index in [9.17, 15) is 22.5 Å². The van der Waals surface area contributed by atoms with Gasteiger partial charge in [0, 0.05) is 35.4 Å². The quantitative estimate of drug-likeness (QED) is 0.573. The number of anilines is 1. The highest BCUT2D eigenvalue weighted by Crippen LogP contribution is 2.31. The smallest absolute Gasteiger partial charge is 0.417 e. The lowest BCUT2D eigenvalue weighted by Gasteiger charge is -2.34. The first kappa shape index (κ1) is 21.9. The van der Waals surface area contributed by atoms with Crippen LogP contribution < -0.4 is 4.90 Å². The molecular formula is C20H18F3N3O3S2. The van der Waals surface area contributed by atoms with Crippen LogP contribution >= 0.6 is 11.3 Å². The van der Waals surface area contributed by atoms with E-state index in [2.05, 4.69) is 4.98 Å². The van der Waals surface area contributed by atoms with Crippen LogP contribution in [-0.2, 0) is 28.8 Å². The van der Waals surface area contributed by atoms with Gasteiger partial charge in [-0.05, 0) is 35.2 Å². The molecule has 0 saturated carbocycles. The van der Waals surface area contributed by atoms with Crippen molar-refractivity contribution < 1.29 is 27.6 Å². The Balaban J connectivity index is 1.43. The van der Waals surface area contributed by atoms with Gasteiger partial charge in [-0.25, -0.2) is 4.98 Å². The Morgan fingerprint density at radius 1 is 1.19 bits per heavy atom. The van der Waals surface area contributed by atoms with Gasteiger partial charge in [-0.15, -0.1) is 15.6 Å². The molecule has 1 aliphatic rings. The van der Waals surface area contributed by atoms with Gasteiger partial charge in [0.05, 0.1) is 36.4 Å². The number of piperazine rings is 1. The molecule has 1 fully saturated rings. The zero-order chi connectivity index (χ0) is 22.2. The molecule has 6 nitrogen and oxygen atoms in total. The number of carboxylic acid groups (broad SMARTS) is 1. The maximum Gasteiger partial charge on any atom is 0.417 e. The third-order valence-electron chi connectivity index (χ3n) is 5.04. The topological polar surface area (TPSA) is 79.7 Å². The molecule has 164 valence electrons. The lowest BCUT2D eigenvalue weighted by molar-refractivity contribution is -0.138. The molecule has 1 aromatic carbocycles. The van der Waals surface area contributed by atoms with Crippen LogP contribution in [0.2, 0.25) is 0 Å². The van der Waals surface area contributed by atoms with Gasteiger partial charge in [0.25, 0.3) is 0 Å². The van der Waals surface area contributed by atoms with E-state index in [1.54, 1.807) is 21.8 Å². The van der Waals surface area contributed by atoms with E-state index in [-0.39, 0.29) is 6.42 Å². The van der Waals surface area contributed by atoms with E-state index >= 15 is 0 Å². The monoisotopic (exact) mass is 469 g/mol. The SMILES string of the molecule is O=C(O)Cc1csc2ccc([S+]([O-])N3CCN(c4ccc(C(F)(F)F)cn4)CC3)cc12. The molecular weight excluding hydrogens is 451 g/mol. The van der Waals surface area contributed by atoms with Crippen LogP contribution in [0.5, 0.6) is 0 Å². The standard InChI is InChI=1S/C20H18F3N3O3S2/c21-20(22,23)14-1-4-18(24-11-14)25-5-7-26(8-6-25)31(29)15-2-3-17-16(10-15)13(12-30-17)9-19(27)28/h1-4,10-12H,5-9H2,(H,27,28). The van der Waals surface area contributed by atoms with Crippen LogP contribution in [0.15, 0.2) is 46.8 Å². The number of carboxylic acids is 1. The first-order chi connectivity index (χ1) is 14.7. The molecule has 0 amide bonds. The lowest BCUT2D eigenvalue weighted by atomic mass is 10.1. The second-order valence-corrected chi connectivity index (χ2v) is 9.45. The number of alkyl halides is 3. The first-order valence-corrected chi connectivity index (χ1v) is 11.4. The van der Waals surface area contributed by atoms with Crippen LogP contribution in [0.25, 0.3) is 10.1 Å². The summed E-state index contributed by atoms with van der Waals surface area (Å²) in [5.41, 5.74) is -0.0911. The van der Waals surface area contributed by atoms with Crippen molar-refractivity contribution in [3.63, 3.8) is 0 Å². The molecule has 0 radical (unpaired) electrons. The minimum absolute atomic E-state index is 0.0884. The summed E-state index contributed by atoms with van der Waals surface area (Å²) in [7, 11) is 0. The summed E-state index contributed by atoms with van der Waals surface area (Å²) in [6, 6.07) is 7.77.